The zero-order chi connectivity index (χ0) is 18.7. The van der Waals surface area contributed by atoms with Gasteiger partial charge in [0.25, 0.3) is 5.91 Å². The topological polar surface area (TPSA) is 128 Å². The Hall–Kier alpha value is -2.72. The van der Waals surface area contributed by atoms with Crippen LogP contribution in [0.2, 0.25) is 0 Å². The van der Waals surface area contributed by atoms with Crippen LogP contribution in [0.1, 0.15) is 12.5 Å². The number of carbonyl (C=O) groups is 3. The summed E-state index contributed by atoms with van der Waals surface area (Å²) in [4.78, 5) is 33.6. The summed E-state index contributed by atoms with van der Waals surface area (Å²) >= 11 is 0. The van der Waals surface area contributed by atoms with Gasteiger partial charge in [-0.2, -0.15) is 0 Å². The molecule has 0 bridgehead atoms. The van der Waals surface area contributed by atoms with Gasteiger partial charge >= 0.3 is 12.1 Å². The molecule has 25 heavy (non-hydrogen) atoms. The number of esters is 1. The summed E-state index contributed by atoms with van der Waals surface area (Å²) in [6.07, 6.45) is 0.399. The van der Waals surface area contributed by atoms with Gasteiger partial charge in [0.05, 0.1) is 6.61 Å². The average Bonchev–Trinajstić information content (AvgIpc) is 2.58. The van der Waals surface area contributed by atoms with Crippen LogP contribution < -0.4 is 10.0 Å². The van der Waals surface area contributed by atoms with Gasteiger partial charge in [0, 0.05) is 5.41 Å². The highest BCUT2D eigenvalue weighted by Gasteiger charge is 2.13. The monoisotopic (exact) mass is 370 g/mol. The molecule has 0 unspecified atom stereocenters. The largest absolute Gasteiger partial charge is 0.455 e. The number of hydrogen-bond acceptors (Lipinski definition) is 7. The van der Waals surface area contributed by atoms with E-state index in [0.717, 1.165) is 5.41 Å². The van der Waals surface area contributed by atoms with Crippen LogP contribution in [0.15, 0.2) is 35.7 Å². The van der Waals surface area contributed by atoms with Crippen LogP contribution in [-0.4, -0.2) is 46.1 Å². The highest BCUT2D eigenvalue weighted by Crippen LogP contribution is 2.02. The SMILES string of the molecule is CCOC(=O)NC(=O)COC(=O)CNS(=O)(=O)/C=C/c1ccccc1. The average molecular weight is 370 g/mol. The Labute approximate surface area is 145 Å². The van der Waals surface area contributed by atoms with Crippen LogP contribution in [0, 0.1) is 0 Å². The summed E-state index contributed by atoms with van der Waals surface area (Å²) in [7, 11) is -3.85. The molecule has 1 rings (SSSR count). The lowest BCUT2D eigenvalue weighted by Gasteiger charge is -2.06. The van der Waals surface area contributed by atoms with Gasteiger partial charge in [0.2, 0.25) is 10.0 Å². The fourth-order valence-corrected chi connectivity index (χ4v) is 2.21. The summed E-state index contributed by atoms with van der Waals surface area (Å²) in [5.41, 5.74) is 0.672. The fraction of sp³-hybridized carbons (Fsp3) is 0.267. The fourth-order valence-electron chi connectivity index (χ4n) is 1.45. The van der Waals surface area contributed by atoms with Crippen molar-refractivity contribution in [3.8, 4) is 0 Å². The standard InChI is InChI=1S/C15H18N2O7S/c1-2-23-15(20)17-13(18)11-24-14(19)10-16-25(21,22)9-8-12-6-4-3-5-7-12/h3-9,16H,2,10-11H2,1H3,(H,17,18,20)/b9-8+. The number of hydrogen-bond donors (Lipinski definition) is 2. The first-order valence-corrected chi connectivity index (χ1v) is 8.72. The predicted octanol–water partition coefficient (Wildman–Crippen LogP) is 0.393. The molecule has 0 spiro atoms. The molecule has 1 aromatic rings. The van der Waals surface area contributed by atoms with Gasteiger partial charge in [-0.1, -0.05) is 30.3 Å². The molecule has 0 saturated carbocycles. The zero-order valence-electron chi connectivity index (χ0n) is 13.4. The maximum Gasteiger partial charge on any atom is 0.413 e. The van der Waals surface area contributed by atoms with Crippen molar-refractivity contribution < 1.29 is 32.3 Å². The van der Waals surface area contributed by atoms with Crippen LogP contribution in [0.25, 0.3) is 6.08 Å². The minimum Gasteiger partial charge on any atom is -0.455 e. The molecule has 0 radical (unpaired) electrons. The van der Waals surface area contributed by atoms with Gasteiger partial charge in [-0.25, -0.2) is 17.9 Å². The minimum atomic E-state index is -3.85. The number of alkyl carbamates (subject to hydrolysis) is 1. The summed E-state index contributed by atoms with van der Waals surface area (Å²) < 4.78 is 34.4. The molecular weight excluding hydrogens is 352 g/mol. The molecule has 2 amide bonds. The number of rotatable bonds is 8. The summed E-state index contributed by atoms with van der Waals surface area (Å²) in [5.74, 6) is -1.87. The number of nitrogens with one attached hydrogen (secondary N) is 2. The molecule has 0 heterocycles. The first-order valence-electron chi connectivity index (χ1n) is 7.17. The van der Waals surface area contributed by atoms with Crippen LogP contribution in [-0.2, 0) is 29.1 Å². The highest BCUT2D eigenvalue weighted by atomic mass is 32.2. The minimum absolute atomic E-state index is 0.0805. The van der Waals surface area contributed by atoms with Crippen molar-refractivity contribution in [1.82, 2.24) is 10.0 Å². The molecule has 9 nitrogen and oxygen atoms in total. The van der Waals surface area contributed by atoms with Gasteiger partial charge in [0.15, 0.2) is 6.61 Å². The molecule has 0 atom stereocenters. The van der Waals surface area contributed by atoms with Gasteiger partial charge < -0.3 is 9.47 Å². The van der Waals surface area contributed by atoms with Crippen LogP contribution in [0.3, 0.4) is 0 Å². The molecule has 0 saturated heterocycles. The highest BCUT2D eigenvalue weighted by molar-refractivity contribution is 7.92. The Kier molecular flexibility index (Phi) is 8.30. The predicted molar refractivity (Wildman–Crippen MR) is 88.5 cm³/mol. The Morgan fingerprint density at radius 2 is 1.80 bits per heavy atom. The van der Waals surface area contributed by atoms with Gasteiger partial charge in [0.1, 0.15) is 6.54 Å². The summed E-state index contributed by atoms with van der Waals surface area (Å²) in [5, 5.41) is 2.73. The third-order valence-electron chi connectivity index (χ3n) is 2.54. The summed E-state index contributed by atoms with van der Waals surface area (Å²) in [6, 6.07) is 8.71. The van der Waals surface area contributed by atoms with Gasteiger partial charge in [-0.05, 0) is 18.6 Å². The molecular formula is C15H18N2O7S. The zero-order valence-corrected chi connectivity index (χ0v) is 14.2. The number of imide groups is 1. The molecule has 2 N–H and O–H groups in total. The number of benzene rings is 1. The van der Waals surface area contributed by atoms with Crippen molar-refractivity contribution in [3.05, 3.63) is 41.3 Å². The molecule has 1 aromatic carbocycles. The molecule has 10 heteroatoms. The number of amides is 2. The first kappa shape index (κ1) is 20.3. The normalized spacial score (nSPS) is 11.1. The van der Waals surface area contributed by atoms with E-state index in [-0.39, 0.29) is 6.61 Å². The van der Waals surface area contributed by atoms with Crippen molar-refractivity contribution in [3.63, 3.8) is 0 Å². The van der Waals surface area contributed by atoms with E-state index in [2.05, 4.69) is 9.47 Å². The maximum atomic E-state index is 11.7. The van der Waals surface area contributed by atoms with E-state index in [1.165, 1.54) is 6.08 Å². The van der Waals surface area contributed by atoms with E-state index in [1.807, 2.05) is 10.0 Å². The van der Waals surface area contributed by atoms with E-state index in [0.29, 0.717) is 5.56 Å². The van der Waals surface area contributed by atoms with E-state index < -0.39 is 41.1 Å². The summed E-state index contributed by atoms with van der Waals surface area (Å²) in [6.45, 7) is 0.243. The number of ether oxygens (including phenoxy) is 2. The smallest absolute Gasteiger partial charge is 0.413 e. The lowest BCUT2D eigenvalue weighted by molar-refractivity contribution is -0.147. The van der Waals surface area contributed by atoms with Crippen LogP contribution >= 0.6 is 0 Å². The van der Waals surface area contributed by atoms with E-state index in [9.17, 15) is 22.8 Å². The third-order valence-corrected chi connectivity index (χ3v) is 3.58. The van der Waals surface area contributed by atoms with Crippen LogP contribution in [0.5, 0.6) is 0 Å². The Morgan fingerprint density at radius 3 is 2.44 bits per heavy atom. The van der Waals surface area contributed by atoms with Crippen molar-refractivity contribution in [2.24, 2.45) is 0 Å². The number of sulfonamides is 1. The van der Waals surface area contributed by atoms with Crippen molar-refractivity contribution in [1.29, 1.82) is 0 Å². The van der Waals surface area contributed by atoms with Crippen molar-refractivity contribution >= 4 is 34.1 Å². The molecule has 0 aromatic heterocycles. The Balaban J connectivity index is 2.36. The van der Waals surface area contributed by atoms with E-state index in [1.54, 1.807) is 37.3 Å². The Bertz CT molecular complexity index is 730. The Morgan fingerprint density at radius 1 is 1.12 bits per heavy atom. The lowest BCUT2D eigenvalue weighted by Crippen LogP contribution is -2.36. The second-order valence-electron chi connectivity index (χ2n) is 4.51. The van der Waals surface area contributed by atoms with E-state index in [4.69, 9.17) is 0 Å². The molecule has 0 aliphatic heterocycles. The molecule has 0 aliphatic rings. The number of carbonyl (C=O) groups excluding carboxylic acids is 3. The molecule has 136 valence electrons. The maximum absolute atomic E-state index is 11.7. The second kappa shape index (κ2) is 10.2. The molecule has 0 fully saturated rings. The van der Waals surface area contributed by atoms with E-state index >= 15 is 0 Å². The van der Waals surface area contributed by atoms with Gasteiger partial charge in [-0.15, -0.1) is 0 Å². The first-order chi connectivity index (χ1) is 11.8. The lowest BCUT2D eigenvalue weighted by atomic mass is 10.2. The quantitative estimate of drug-likeness (QED) is 0.634. The third kappa shape index (κ3) is 9.23. The van der Waals surface area contributed by atoms with Gasteiger partial charge in [-0.3, -0.25) is 14.9 Å². The second-order valence-corrected chi connectivity index (χ2v) is 6.16. The van der Waals surface area contributed by atoms with Crippen molar-refractivity contribution in [2.45, 2.75) is 6.92 Å². The van der Waals surface area contributed by atoms with Crippen LogP contribution in [0.4, 0.5) is 4.79 Å². The van der Waals surface area contributed by atoms with Crippen molar-refractivity contribution in [2.75, 3.05) is 19.8 Å². The molecule has 0 aliphatic carbocycles.